The van der Waals surface area contributed by atoms with Crippen molar-refractivity contribution in [2.45, 2.75) is 16.6 Å². The first kappa shape index (κ1) is 21.3. The van der Waals surface area contributed by atoms with Gasteiger partial charge in [0.2, 0.25) is 5.78 Å². The van der Waals surface area contributed by atoms with Crippen molar-refractivity contribution in [2.24, 2.45) is 7.05 Å². The Morgan fingerprint density at radius 1 is 1.13 bits per heavy atom. The molecule has 31 heavy (non-hydrogen) atoms. The van der Waals surface area contributed by atoms with Crippen molar-refractivity contribution in [2.75, 3.05) is 16.8 Å². The average molecular weight is 456 g/mol. The number of nitrogens with one attached hydrogen (secondary N) is 1. The molecule has 0 radical (unpaired) electrons. The molecule has 3 aromatic rings. The molecule has 0 bridgehead atoms. The molecule has 1 N–H and O–H groups in total. The van der Waals surface area contributed by atoms with Crippen molar-refractivity contribution >= 4 is 39.0 Å². The fraction of sp³-hybridized carbons (Fsp3) is 0.227. The second-order valence-corrected chi connectivity index (χ2v) is 10.9. The summed E-state index contributed by atoms with van der Waals surface area (Å²) in [6.45, 7) is 0. The zero-order valence-electron chi connectivity index (χ0n) is 16.8. The molecule has 0 aliphatic carbocycles. The van der Waals surface area contributed by atoms with Crippen LogP contribution < -0.4 is 5.32 Å². The first-order chi connectivity index (χ1) is 14.8. The molecular formula is C22H21N3O4S2. The van der Waals surface area contributed by atoms with Gasteiger partial charge in [0.05, 0.1) is 17.1 Å². The highest BCUT2D eigenvalue weighted by Gasteiger charge is 2.29. The van der Waals surface area contributed by atoms with Crippen LogP contribution in [0.3, 0.4) is 0 Å². The summed E-state index contributed by atoms with van der Waals surface area (Å²) in [6, 6.07) is 13.8. The molecule has 7 nitrogen and oxygen atoms in total. The fourth-order valence-corrected chi connectivity index (χ4v) is 7.03. The minimum atomic E-state index is -2.98. The fourth-order valence-electron chi connectivity index (χ4n) is 3.41. The number of aromatic nitrogens is 2. The van der Waals surface area contributed by atoms with Gasteiger partial charge in [-0.2, -0.15) is 0 Å². The standard InChI is InChI=1S/C22H21N3O4S2/c1-25-12-11-23-21(25)20(26)15-6-8-16(9-7-15)24-22(27)18-4-2-3-5-19(18)30-17-10-13-31(28,29)14-17/h2-9,11-12,17H,10,13-14H2,1H3,(H,24,27)/t17-/m1/s1. The van der Waals surface area contributed by atoms with E-state index in [2.05, 4.69) is 10.3 Å². The van der Waals surface area contributed by atoms with Crippen LogP contribution in [0.5, 0.6) is 0 Å². The highest BCUT2D eigenvalue weighted by atomic mass is 32.2. The maximum Gasteiger partial charge on any atom is 0.256 e. The van der Waals surface area contributed by atoms with Gasteiger partial charge in [-0.05, 0) is 42.8 Å². The molecule has 1 aliphatic rings. The van der Waals surface area contributed by atoms with Gasteiger partial charge in [-0.15, -0.1) is 11.8 Å². The Balaban J connectivity index is 1.46. The number of nitrogens with zero attached hydrogens (tertiary/aromatic N) is 2. The molecule has 0 unspecified atom stereocenters. The molecule has 2 heterocycles. The van der Waals surface area contributed by atoms with E-state index in [0.717, 1.165) is 4.90 Å². The Hall–Kier alpha value is -2.91. The molecule has 1 amide bonds. The SMILES string of the molecule is Cn1ccnc1C(=O)c1ccc(NC(=O)c2ccccc2S[C@@H]2CCS(=O)(=O)C2)cc1. The van der Waals surface area contributed by atoms with E-state index in [1.165, 1.54) is 11.8 Å². The van der Waals surface area contributed by atoms with Crippen LogP contribution in [0.15, 0.2) is 65.8 Å². The number of hydrogen-bond acceptors (Lipinski definition) is 6. The molecule has 0 spiro atoms. The highest BCUT2D eigenvalue weighted by molar-refractivity contribution is 8.02. The molecule has 2 aromatic carbocycles. The van der Waals surface area contributed by atoms with Crippen LogP contribution in [0.2, 0.25) is 0 Å². The number of carbonyl (C=O) groups excluding carboxylic acids is 2. The lowest BCUT2D eigenvalue weighted by atomic mass is 10.1. The lowest BCUT2D eigenvalue weighted by molar-refractivity contribution is 0.101. The predicted molar refractivity (Wildman–Crippen MR) is 120 cm³/mol. The molecule has 1 aromatic heterocycles. The third kappa shape index (κ3) is 4.88. The van der Waals surface area contributed by atoms with Crippen LogP contribution >= 0.6 is 11.8 Å². The third-order valence-corrected chi connectivity index (χ3v) is 8.37. The molecular weight excluding hydrogens is 434 g/mol. The largest absolute Gasteiger partial charge is 0.331 e. The molecule has 1 aliphatic heterocycles. The summed E-state index contributed by atoms with van der Waals surface area (Å²) in [5.74, 6) is 0.198. The van der Waals surface area contributed by atoms with Gasteiger partial charge >= 0.3 is 0 Å². The van der Waals surface area contributed by atoms with Gasteiger partial charge in [0.15, 0.2) is 15.7 Å². The summed E-state index contributed by atoms with van der Waals surface area (Å²) in [7, 11) is -1.23. The van der Waals surface area contributed by atoms with E-state index in [0.29, 0.717) is 29.1 Å². The number of aryl methyl sites for hydroxylation is 1. The van der Waals surface area contributed by atoms with E-state index in [1.54, 1.807) is 60.4 Å². The number of anilines is 1. The van der Waals surface area contributed by atoms with Gasteiger partial charge in [0.1, 0.15) is 0 Å². The van der Waals surface area contributed by atoms with E-state index in [4.69, 9.17) is 0 Å². The van der Waals surface area contributed by atoms with Gasteiger partial charge in [-0.1, -0.05) is 12.1 Å². The maximum atomic E-state index is 12.9. The summed E-state index contributed by atoms with van der Waals surface area (Å²) in [6.07, 6.45) is 3.87. The lowest BCUT2D eigenvalue weighted by Crippen LogP contribution is -2.14. The monoisotopic (exact) mass is 455 g/mol. The Labute approximate surface area is 184 Å². The van der Waals surface area contributed by atoms with E-state index < -0.39 is 9.84 Å². The number of amides is 1. The summed E-state index contributed by atoms with van der Waals surface area (Å²) in [5, 5.41) is 2.80. The van der Waals surface area contributed by atoms with Crippen molar-refractivity contribution in [1.82, 2.24) is 9.55 Å². The summed E-state index contributed by atoms with van der Waals surface area (Å²) in [5.41, 5.74) is 1.53. The molecule has 1 fully saturated rings. The molecule has 1 atom stereocenters. The minimum absolute atomic E-state index is 0.0460. The number of ketones is 1. The number of imidazole rings is 1. The van der Waals surface area contributed by atoms with Crippen molar-refractivity contribution in [3.8, 4) is 0 Å². The van der Waals surface area contributed by atoms with Crippen molar-refractivity contribution in [1.29, 1.82) is 0 Å². The number of rotatable bonds is 6. The predicted octanol–water partition coefficient (Wildman–Crippen LogP) is 3.18. The second-order valence-electron chi connectivity index (χ2n) is 7.36. The van der Waals surface area contributed by atoms with E-state index >= 15 is 0 Å². The zero-order chi connectivity index (χ0) is 22.0. The topological polar surface area (TPSA) is 98.1 Å². The number of hydrogen-bond donors (Lipinski definition) is 1. The van der Waals surface area contributed by atoms with Crippen LogP contribution in [-0.2, 0) is 16.9 Å². The quantitative estimate of drug-likeness (QED) is 0.573. The Kier molecular flexibility index (Phi) is 5.97. The van der Waals surface area contributed by atoms with E-state index in [1.807, 2.05) is 12.1 Å². The average Bonchev–Trinajstić information content (AvgIpc) is 3.33. The molecule has 9 heteroatoms. The first-order valence-corrected chi connectivity index (χ1v) is 12.4. The summed E-state index contributed by atoms with van der Waals surface area (Å²) in [4.78, 5) is 30.2. The smallest absolute Gasteiger partial charge is 0.256 e. The van der Waals surface area contributed by atoms with Crippen molar-refractivity contribution in [3.05, 3.63) is 77.9 Å². The number of carbonyl (C=O) groups is 2. The van der Waals surface area contributed by atoms with Gasteiger partial charge in [-0.3, -0.25) is 9.59 Å². The van der Waals surface area contributed by atoms with Gasteiger partial charge in [0, 0.05) is 40.8 Å². The van der Waals surface area contributed by atoms with Crippen LogP contribution in [0.4, 0.5) is 5.69 Å². The molecule has 1 saturated heterocycles. The molecule has 160 valence electrons. The second kappa shape index (κ2) is 8.68. The number of benzene rings is 2. The third-order valence-electron chi connectivity index (χ3n) is 5.05. The maximum absolute atomic E-state index is 12.9. The normalized spacial score (nSPS) is 17.4. The van der Waals surface area contributed by atoms with Crippen LogP contribution in [0, 0.1) is 0 Å². The minimum Gasteiger partial charge on any atom is -0.331 e. The lowest BCUT2D eigenvalue weighted by Gasteiger charge is -2.13. The number of thioether (sulfide) groups is 1. The van der Waals surface area contributed by atoms with Crippen LogP contribution in [0.25, 0.3) is 0 Å². The zero-order valence-corrected chi connectivity index (χ0v) is 18.4. The molecule has 4 rings (SSSR count). The van der Waals surface area contributed by atoms with Crippen LogP contribution in [0.1, 0.15) is 33.0 Å². The number of sulfone groups is 1. The Morgan fingerprint density at radius 3 is 2.52 bits per heavy atom. The summed E-state index contributed by atoms with van der Waals surface area (Å²) < 4.78 is 25.1. The molecule has 0 saturated carbocycles. The Morgan fingerprint density at radius 2 is 1.87 bits per heavy atom. The van der Waals surface area contributed by atoms with Gasteiger partial charge in [0.25, 0.3) is 5.91 Å². The van der Waals surface area contributed by atoms with E-state index in [-0.39, 0.29) is 28.4 Å². The van der Waals surface area contributed by atoms with Crippen molar-refractivity contribution < 1.29 is 18.0 Å². The first-order valence-electron chi connectivity index (χ1n) is 9.72. The summed E-state index contributed by atoms with van der Waals surface area (Å²) >= 11 is 1.43. The van der Waals surface area contributed by atoms with Gasteiger partial charge < -0.3 is 9.88 Å². The van der Waals surface area contributed by atoms with E-state index in [9.17, 15) is 18.0 Å². The van der Waals surface area contributed by atoms with Crippen LogP contribution in [-0.4, -0.2) is 46.4 Å². The van der Waals surface area contributed by atoms with Crippen molar-refractivity contribution in [3.63, 3.8) is 0 Å². The van der Waals surface area contributed by atoms with Gasteiger partial charge in [-0.25, -0.2) is 13.4 Å². The Bertz CT molecular complexity index is 1230. The highest BCUT2D eigenvalue weighted by Crippen LogP contribution is 2.33.